The summed E-state index contributed by atoms with van der Waals surface area (Å²) in [7, 11) is 1.89. The van der Waals surface area contributed by atoms with E-state index < -0.39 is 0 Å². The number of guanidine groups is 1. The van der Waals surface area contributed by atoms with E-state index in [0.717, 1.165) is 58.3 Å². The topological polar surface area (TPSA) is 40.1 Å². The summed E-state index contributed by atoms with van der Waals surface area (Å²) in [4.78, 5) is 10.9. The van der Waals surface area contributed by atoms with Gasteiger partial charge in [-0.1, -0.05) is 30.3 Å². The number of nitrogens with one attached hydrogen (secondary N) is 1. The van der Waals surface area contributed by atoms with E-state index in [1.54, 1.807) is 0 Å². The lowest BCUT2D eigenvalue weighted by Gasteiger charge is -2.36. The highest BCUT2D eigenvalue weighted by Gasteiger charge is 2.25. The van der Waals surface area contributed by atoms with Crippen molar-refractivity contribution in [2.45, 2.75) is 19.0 Å². The molecule has 1 fully saturated rings. The van der Waals surface area contributed by atoms with Crippen LogP contribution < -0.4 is 5.32 Å². The normalized spacial score (nSPS) is 18.9. The second-order valence-electron chi connectivity index (χ2n) is 7.05. The van der Waals surface area contributed by atoms with Crippen molar-refractivity contribution in [3.63, 3.8) is 0 Å². The predicted molar refractivity (Wildman–Crippen MR) is 127 cm³/mol. The minimum absolute atomic E-state index is 0. The molecule has 1 saturated heterocycles. The predicted octanol–water partition coefficient (Wildman–Crippen LogP) is 3.37. The molecule has 0 spiro atoms. The number of hydrogen-bond donors (Lipinski definition) is 1. The van der Waals surface area contributed by atoms with E-state index >= 15 is 0 Å². The van der Waals surface area contributed by atoms with Crippen molar-refractivity contribution in [2.24, 2.45) is 4.99 Å². The van der Waals surface area contributed by atoms with Crippen LogP contribution in [0.1, 0.15) is 22.0 Å². The van der Waals surface area contributed by atoms with Crippen LogP contribution in [0.4, 0.5) is 0 Å². The number of nitrogens with zero attached hydrogens (tertiary/aromatic N) is 3. The molecule has 3 heterocycles. The maximum Gasteiger partial charge on any atom is 0.194 e. The van der Waals surface area contributed by atoms with Crippen LogP contribution in [0.3, 0.4) is 0 Å². The first-order valence-electron chi connectivity index (χ1n) is 9.72. The lowest BCUT2D eigenvalue weighted by atomic mass is 10.0. The third-order valence-corrected chi connectivity index (χ3v) is 6.43. The maximum absolute atomic E-state index is 5.55. The summed E-state index contributed by atoms with van der Waals surface area (Å²) in [5, 5.41) is 5.82. The third kappa shape index (κ3) is 5.06. The number of aliphatic imine (C=N–C) groups is 1. The number of morpholine rings is 1. The van der Waals surface area contributed by atoms with Gasteiger partial charge in [0.2, 0.25) is 0 Å². The Morgan fingerprint density at radius 3 is 2.64 bits per heavy atom. The zero-order chi connectivity index (χ0) is 18.5. The molecule has 1 N–H and O–H groups in total. The Kier molecular flexibility index (Phi) is 8.13. The number of benzene rings is 1. The molecule has 0 radical (unpaired) electrons. The van der Waals surface area contributed by atoms with Gasteiger partial charge in [0.25, 0.3) is 0 Å². The molecule has 4 rings (SSSR count). The quantitative estimate of drug-likeness (QED) is 0.388. The summed E-state index contributed by atoms with van der Waals surface area (Å²) in [6, 6.07) is 13.5. The number of hydrogen-bond acceptors (Lipinski definition) is 4. The van der Waals surface area contributed by atoms with Crippen molar-refractivity contribution in [2.75, 3.05) is 46.4 Å². The maximum atomic E-state index is 5.55. The molecular formula is C21H29IN4OS. The summed E-state index contributed by atoms with van der Waals surface area (Å²) in [5.41, 5.74) is 2.88. The lowest BCUT2D eigenvalue weighted by molar-refractivity contribution is 0.0176. The first kappa shape index (κ1) is 21.5. The van der Waals surface area contributed by atoms with Gasteiger partial charge in [-0.25, -0.2) is 0 Å². The van der Waals surface area contributed by atoms with Gasteiger partial charge in [0.05, 0.1) is 19.3 Å². The highest BCUT2D eigenvalue weighted by atomic mass is 127. The fraction of sp³-hybridized carbons (Fsp3) is 0.476. The van der Waals surface area contributed by atoms with Crippen molar-refractivity contribution in [3.8, 4) is 0 Å². The molecule has 0 saturated carbocycles. The molecule has 1 aromatic heterocycles. The van der Waals surface area contributed by atoms with Crippen LogP contribution in [-0.2, 0) is 17.7 Å². The van der Waals surface area contributed by atoms with E-state index in [4.69, 9.17) is 4.74 Å². The van der Waals surface area contributed by atoms with Gasteiger partial charge in [0, 0.05) is 44.6 Å². The van der Waals surface area contributed by atoms with Crippen LogP contribution in [0.25, 0.3) is 0 Å². The van der Waals surface area contributed by atoms with Gasteiger partial charge in [-0.3, -0.25) is 9.89 Å². The number of ether oxygens (including phenoxy) is 1. The van der Waals surface area contributed by atoms with Gasteiger partial charge in [0.15, 0.2) is 5.96 Å². The number of fused-ring (bicyclic) bond motifs is 1. The van der Waals surface area contributed by atoms with Crippen LogP contribution in [-0.4, -0.2) is 62.2 Å². The van der Waals surface area contributed by atoms with Crippen LogP contribution >= 0.6 is 35.3 Å². The molecule has 5 nitrogen and oxygen atoms in total. The summed E-state index contributed by atoms with van der Waals surface area (Å²) in [5.74, 6) is 0.999. The Balaban J connectivity index is 0.00000225. The standard InChI is InChI=1S/C21H28N4OS.HI/c1-22-21(25-9-8-17-5-2-3-6-18(17)16-25)23-15-19(20-7-4-14-27-20)24-10-12-26-13-11-24;/h2-7,14,19H,8-13,15-16H2,1H3,(H,22,23);1H. The van der Waals surface area contributed by atoms with Gasteiger partial charge >= 0.3 is 0 Å². The Labute approximate surface area is 188 Å². The van der Waals surface area contributed by atoms with Gasteiger partial charge in [-0.05, 0) is 29.0 Å². The monoisotopic (exact) mass is 512 g/mol. The SMILES string of the molecule is CN=C(NCC(c1cccs1)N1CCOCC1)N1CCc2ccccc2C1.I. The molecule has 0 amide bonds. The molecule has 1 atom stereocenters. The molecule has 0 bridgehead atoms. The third-order valence-electron chi connectivity index (χ3n) is 5.45. The minimum Gasteiger partial charge on any atom is -0.379 e. The molecule has 1 aromatic carbocycles. The second kappa shape index (κ2) is 10.6. The van der Waals surface area contributed by atoms with Crippen molar-refractivity contribution in [1.82, 2.24) is 15.1 Å². The zero-order valence-electron chi connectivity index (χ0n) is 16.3. The van der Waals surface area contributed by atoms with E-state index in [9.17, 15) is 0 Å². The first-order valence-corrected chi connectivity index (χ1v) is 10.6. The van der Waals surface area contributed by atoms with E-state index in [-0.39, 0.29) is 24.0 Å². The summed E-state index contributed by atoms with van der Waals surface area (Å²) < 4.78 is 5.55. The highest BCUT2D eigenvalue weighted by molar-refractivity contribution is 14.0. The van der Waals surface area contributed by atoms with E-state index in [1.807, 2.05) is 18.4 Å². The number of thiophene rings is 1. The molecule has 1 unspecified atom stereocenters. The average molecular weight is 512 g/mol. The van der Waals surface area contributed by atoms with Gasteiger partial charge in [0.1, 0.15) is 0 Å². The highest BCUT2D eigenvalue weighted by Crippen LogP contribution is 2.26. The molecule has 152 valence electrons. The van der Waals surface area contributed by atoms with Crippen LogP contribution in [0.5, 0.6) is 0 Å². The van der Waals surface area contributed by atoms with Crippen LogP contribution in [0.15, 0.2) is 46.8 Å². The number of halogens is 1. The molecular weight excluding hydrogens is 483 g/mol. The van der Waals surface area contributed by atoms with E-state index in [0.29, 0.717) is 6.04 Å². The Morgan fingerprint density at radius 1 is 1.14 bits per heavy atom. The average Bonchev–Trinajstić information content (AvgIpc) is 3.26. The smallest absolute Gasteiger partial charge is 0.194 e. The molecule has 28 heavy (non-hydrogen) atoms. The summed E-state index contributed by atoms with van der Waals surface area (Å²) in [6.07, 6.45) is 1.08. The van der Waals surface area contributed by atoms with Gasteiger partial charge in [-0.2, -0.15) is 0 Å². The molecule has 2 aliphatic heterocycles. The van der Waals surface area contributed by atoms with E-state index in [1.165, 1.54) is 16.0 Å². The largest absolute Gasteiger partial charge is 0.379 e. The number of rotatable bonds is 4. The minimum atomic E-state index is 0. The van der Waals surface area contributed by atoms with Crippen molar-refractivity contribution < 1.29 is 4.74 Å². The van der Waals surface area contributed by atoms with Crippen molar-refractivity contribution >= 4 is 41.3 Å². The lowest BCUT2D eigenvalue weighted by Crippen LogP contribution is -2.48. The second-order valence-corrected chi connectivity index (χ2v) is 8.03. The summed E-state index contributed by atoms with van der Waals surface area (Å²) in [6.45, 7) is 6.42. The molecule has 7 heteroatoms. The molecule has 2 aliphatic rings. The summed E-state index contributed by atoms with van der Waals surface area (Å²) >= 11 is 1.83. The fourth-order valence-electron chi connectivity index (χ4n) is 3.98. The Hall–Kier alpha value is -1.16. The molecule has 0 aliphatic carbocycles. The van der Waals surface area contributed by atoms with Gasteiger partial charge in [-0.15, -0.1) is 35.3 Å². The molecule has 2 aromatic rings. The Bertz CT molecular complexity index is 762. The van der Waals surface area contributed by atoms with Gasteiger partial charge < -0.3 is 15.0 Å². The first-order chi connectivity index (χ1) is 13.3. The van der Waals surface area contributed by atoms with Crippen LogP contribution in [0.2, 0.25) is 0 Å². The van der Waals surface area contributed by atoms with E-state index in [2.05, 4.69) is 61.9 Å². The Morgan fingerprint density at radius 2 is 1.93 bits per heavy atom. The van der Waals surface area contributed by atoms with Crippen LogP contribution in [0, 0.1) is 0 Å². The zero-order valence-corrected chi connectivity index (χ0v) is 19.5. The fourth-order valence-corrected chi connectivity index (χ4v) is 4.84. The van der Waals surface area contributed by atoms with Crippen molar-refractivity contribution in [3.05, 3.63) is 57.8 Å². The van der Waals surface area contributed by atoms with Crippen molar-refractivity contribution in [1.29, 1.82) is 0 Å².